The maximum Gasteiger partial charge on any atom is 0.266 e. The van der Waals surface area contributed by atoms with Crippen LogP contribution in [-0.2, 0) is 4.74 Å². The smallest absolute Gasteiger partial charge is 0.266 e. The van der Waals surface area contributed by atoms with E-state index < -0.39 is 0 Å². The molecule has 3 heterocycles. The lowest BCUT2D eigenvalue weighted by atomic mass is 9.80. The second-order valence-electron chi connectivity index (χ2n) is 8.24. The molecule has 4 nitrogen and oxygen atoms in total. The van der Waals surface area contributed by atoms with Gasteiger partial charge in [0.2, 0.25) is 0 Å². The van der Waals surface area contributed by atoms with E-state index in [1.54, 1.807) is 24.3 Å². The van der Waals surface area contributed by atoms with Gasteiger partial charge >= 0.3 is 0 Å². The molecule has 30 heavy (non-hydrogen) atoms. The third-order valence-corrected chi connectivity index (χ3v) is 7.68. The number of nitrogens with zero attached hydrogens (tertiary/aromatic N) is 1. The number of para-hydroxylation sites is 1. The third kappa shape index (κ3) is 2.55. The van der Waals surface area contributed by atoms with Crippen LogP contribution in [0.2, 0.25) is 0 Å². The number of anilines is 1. The first-order valence-electron chi connectivity index (χ1n) is 10.5. The van der Waals surface area contributed by atoms with E-state index in [9.17, 15) is 9.59 Å². The number of fused-ring (bicyclic) bond motifs is 4. The number of hydrogen-bond donors (Lipinski definition) is 0. The summed E-state index contributed by atoms with van der Waals surface area (Å²) in [4.78, 5) is 29.0. The number of hydrogen-bond acceptors (Lipinski definition) is 4. The molecule has 1 aromatic heterocycles. The first kappa shape index (κ1) is 18.0. The van der Waals surface area contributed by atoms with E-state index in [4.69, 9.17) is 4.74 Å². The minimum absolute atomic E-state index is 0.199. The molecule has 1 fully saturated rings. The highest BCUT2D eigenvalue weighted by Gasteiger charge is 2.42. The zero-order valence-electron chi connectivity index (χ0n) is 16.4. The van der Waals surface area contributed by atoms with Crippen LogP contribution in [0.3, 0.4) is 0 Å². The van der Waals surface area contributed by atoms with Crippen molar-refractivity contribution in [1.82, 2.24) is 0 Å². The number of carbonyl (C=O) groups excluding carboxylic acids is 2. The zero-order chi connectivity index (χ0) is 20.2. The first-order chi connectivity index (χ1) is 14.7. The lowest BCUT2D eigenvalue weighted by Gasteiger charge is -2.40. The van der Waals surface area contributed by atoms with E-state index in [-0.39, 0.29) is 24.0 Å². The van der Waals surface area contributed by atoms with Crippen LogP contribution in [0.15, 0.2) is 60.0 Å². The first-order valence-corrected chi connectivity index (χ1v) is 11.4. The van der Waals surface area contributed by atoms with E-state index in [2.05, 4.69) is 11.4 Å². The van der Waals surface area contributed by atoms with Gasteiger partial charge in [-0.15, -0.1) is 11.3 Å². The van der Waals surface area contributed by atoms with Gasteiger partial charge in [-0.3, -0.25) is 9.59 Å². The molecule has 0 radical (unpaired) electrons. The number of carbonyl (C=O) groups is 2. The van der Waals surface area contributed by atoms with Crippen molar-refractivity contribution < 1.29 is 14.3 Å². The van der Waals surface area contributed by atoms with Gasteiger partial charge in [0.1, 0.15) is 6.10 Å². The fourth-order valence-electron chi connectivity index (χ4n) is 5.22. The fraction of sp³-hybridized carbons (Fsp3) is 0.280. The summed E-state index contributed by atoms with van der Waals surface area (Å²) in [5.41, 5.74) is 3.62. The van der Waals surface area contributed by atoms with Crippen LogP contribution >= 0.6 is 11.3 Å². The minimum Gasteiger partial charge on any atom is -0.365 e. The average molecular weight is 416 g/mol. The summed E-state index contributed by atoms with van der Waals surface area (Å²) in [7, 11) is 0. The highest BCUT2D eigenvalue weighted by Crippen LogP contribution is 2.50. The van der Waals surface area contributed by atoms with E-state index in [0.29, 0.717) is 22.7 Å². The van der Waals surface area contributed by atoms with Gasteiger partial charge in [-0.25, -0.2) is 4.90 Å². The molecule has 3 aliphatic rings. The Hall–Kier alpha value is -2.76. The Bertz CT molecular complexity index is 1130. The third-order valence-electron chi connectivity index (χ3n) is 6.61. The largest absolute Gasteiger partial charge is 0.365 e. The summed E-state index contributed by atoms with van der Waals surface area (Å²) in [6.45, 7) is 0. The van der Waals surface area contributed by atoms with Crippen LogP contribution < -0.4 is 4.90 Å². The molecule has 3 unspecified atom stereocenters. The molecule has 1 saturated carbocycles. The Morgan fingerprint density at radius 2 is 1.53 bits per heavy atom. The molecule has 0 bridgehead atoms. The molecular weight excluding hydrogens is 394 g/mol. The molecule has 150 valence electrons. The Morgan fingerprint density at radius 3 is 2.33 bits per heavy atom. The SMILES string of the molecule is O=C1c2ccccc2C(=O)N1c1ccccc1C1OC2CCCCC2c2sccc21. The number of thiophene rings is 1. The van der Waals surface area contributed by atoms with Gasteiger partial charge in [0.15, 0.2) is 0 Å². The van der Waals surface area contributed by atoms with E-state index >= 15 is 0 Å². The standard InChI is InChI=1S/C25H21NO3S/c27-24-15-7-1-2-8-16(15)25(28)26(24)20-11-5-3-9-17(20)22-19-13-14-30-23(19)18-10-4-6-12-21(18)29-22/h1-3,5,7-9,11,13-14,18,21-22H,4,6,10,12H2. The van der Waals surface area contributed by atoms with Crippen molar-refractivity contribution in [3.63, 3.8) is 0 Å². The maximum absolute atomic E-state index is 13.1. The van der Waals surface area contributed by atoms with Gasteiger partial charge in [-0.05, 0) is 48.1 Å². The number of ether oxygens (including phenoxy) is 1. The number of amides is 2. The molecule has 1 aliphatic carbocycles. The monoisotopic (exact) mass is 415 g/mol. The lowest BCUT2D eigenvalue weighted by molar-refractivity contribution is -0.0371. The molecule has 0 saturated heterocycles. The van der Waals surface area contributed by atoms with Gasteiger partial charge in [0, 0.05) is 16.4 Å². The molecule has 2 amide bonds. The zero-order valence-corrected chi connectivity index (χ0v) is 17.2. The van der Waals surface area contributed by atoms with Crippen molar-refractivity contribution in [1.29, 1.82) is 0 Å². The van der Waals surface area contributed by atoms with Crippen molar-refractivity contribution >= 4 is 28.8 Å². The van der Waals surface area contributed by atoms with Gasteiger partial charge in [-0.1, -0.05) is 43.2 Å². The Labute approximate surface area is 179 Å². The Balaban J connectivity index is 1.46. The summed E-state index contributed by atoms with van der Waals surface area (Å²) in [5.74, 6) is -0.0589. The van der Waals surface area contributed by atoms with Crippen molar-refractivity contribution in [3.05, 3.63) is 87.1 Å². The van der Waals surface area contributed by atoms with Crippen LogP contribution in [-0.4, -0.2) is 17.9 Å². The predicted octanol–water partition coefficient (Wildman–Crippen LogP) is 5.69. The summed E-state index contributed by atoms with van der Waals surface area (Å²) >= 11 is 1.81. The van der Waals surface area contributed by atoms with Gasteiger partial charge < -0.3 is 4.74 Å². The molecule has 3 aromatic rings. The number of imide groups is 1. The summed E-state index contributed by atoms with van der Waals surface area (Å²) < 4.78 is 6.67. The fourth-order valence-corrected chi connectivity index (χ4v) is 6.34. The van der Waals surface area contributed by atoms with Gasteiger partial charge in [-0.2, -0.15) is 0 Å². The summed E-state index contributed by atoms with van der Waals surface area (Å²) in [5, 5.41) is 2.14. The van der Waals surface area contributed by atoms with Crippen LogP contribution in [0.25, 0.3) is 0 Å². The van der Waals surface area contributed by atoms with Gasteiger partial charge in [0.05, 0.1) is 22.9 Å². The summed E-state index contributed by atoms with van der Waals surface area (Å²) in [6.07, 6.45) is 4.61. The second kappa shape index (κ2) is 6.89. The van der Waals surface area contributed by atoms with Crippen LogP contribution in [0.1, 0.15) is 74.4 Å². The van der Waals surface area contributed by atoms with E-state index in [1.807, 2.05) is 35.6 Å². The molecule has 3 atom stereocenters. The van der Waals surface area contributed by atoms with E-state index in [1.165, 1.54) is 34.6 Å². The lowest BCUT2D eigenvalue weighted by Crippen LogP contribution is -2.35. The highest BCUT2D eigenvalue weighted by atomic mass is 32.1. The van der Waals surface area contributed by atoms with Crippen LogP contribution in [0, 0.1) is 0 Å². The molecule has 0 N–H and O–H groups in total. The molecule has 6 rings (SSSR count). The van der Waals surface area contributed by atoms with Crippen LogP contribution in [0.5, 0.6) is 0 Å². The molecule has 2 aliphatic heterocycles. The summed E-state index contributed by atoms with van der Waals surface area (Å²) in [6, 6.07) is 16.9. The molecule has 2 aromatic carbocycles. The number of rotatable bonds is 2. The van der Waals surface area contributed by atoms with Crippen molar-refractivity contribution in [2.75, 3.05) is 4.90 Å². The highest BCUT2D eigenvalue weighted by molar-refractivity contribution is 7.10. The quantitative estimate of drug-likeness (QED) is 0.505. The average Bonchev–Trinajstić information content (AvgIpc) is 3.38. The maximum atomic E-state index is 13.1. The van der Waals surface area contributed by atoms with Crippen molar-refractivity contribution in [2.24, 2.45) is 0 Å². The van der Waals surface area contributed by atoms with Crippen LogP contribution in [0.4, 0.5) is 5.69 Å². The molecule has 5 heteroatoms. The molecule has 0 spiro atoms. The number of benzene rings is 2. The topological polar surface area (TPSA) is 46.6 Å². The van der Waals surface area contributed by atoms with Crippen molar-refractivity contribution in [3.8, 4) is 0 Å². The second-order valence-corrected chi connectivity index (χ2v) is 9.18. The van der Waals surface area contributed by atoms with Gasteiger partial charge in [0.25, 0.3) is 11.8 Å². The molecular formula is C25H21NO3S. The predicted molar refractivity (Wildman–Crippen MR) is 116 cm³/mol. The Kier molecular flexibility index (Phi) is 4.15. The van der Waals surface area contributed by atoms with Crippen molar-refractivity contribution in [2.45, 2.75) is 43.8 Å². The Morgan fingerprint density at radius 1 is 0.833 bits per heavy atom. The van der Waals surface area contributed by atoms with E-state index in [0.717, 1.165) is 12.0 Å². The minimum atomic E-state index is -0.264. The normalized spacial score (nSPS) is 25.1.